The van der Waals surface area contributed by atoms with E-state index in [4.69, 9.17) is 9.47 Å². The summed E-state index contributed by atoms with van der Waals surface area (Å²) in [5, 5.41) is 2.94. The fourth-order valence-corrected chi connectivity index (χ4v) is 1.23. The number of ether oxygens (including phenoxy) is 2. The SMILES string of the molecule is C=C(NCCOC(=O)C(=C)C)OCCCCCC. The molecule has 0 aliphatic rings. The molecular weight excluding hydrogens is 230 g/mol. The standard InChI is InChI=1S/C14H25NO3/c1-5-6-7-8-10-17-13(4)15-9-11-18-14(16)12(2)3/h15H,2,4-11H2,1,3H3. The summed E-state index contributed by atoms with van der Waals surface area (Å²) < 4.78 is 10.3. The van der Waals surface area contributed by atoms with Gasteiger partial charge in [0.05, 0.1) is 13.2 Å². The van der Waals surface area contributed by atoms with Crippen LogP contribution in [0.1, 0.15) is 39.5 Å². The van der Waals surface area contributed by atoms with Crippen molar-refractivity contribution in [1.29, 1.82) is 0 Å². The highest BCUT2D eigenvalue weighted by atomic mass is 16.5. The van der Waals surface area contributed by atoms with E-state index >= 15 is 0 Å². The second kappa shape index (κ2) is 10.7. The number of esters is 1. The van der Waals surface area contributed by atoms with Crippen molar-refractivity contribution in [2.24, 2.45) is 0 Å². The van der Waals surface area contributed by atoms with Crippen molar-refractivity contribution < 1.29 is 14.3 Å². The Balaban J connectivity index is 3.37. The molecule has 0 fully saturated rings. The average Bonchev–Trinajstić information content (AvgIpc) is 2.34. The predicted octanol–water partition coefficient (Wildman–Crippen LogP) is 2.76. The van der Waals surface area contributed by atoms with E-state index < -0.39 is 0 Å². The van der Waals surface area contributed by atoms with Gasteiger partial charge in [-0.15, -0.1) is 0 Å². The van der Waals surface area contributed by atoms with Gasteiger partial charge in [-0.2, -0.15) is 0 Å². The van der Waals surface area contributed by atoms with Crippen molar-refractivity contribution in [2.75, 3.05) is 19.8 Å². The summed E-state index contributed by atoms with van der Waals surface area (Å²) >= 11 is 0. The number of carbonyl (C=O) groups is 1. The lowest BCUT2D eigenvalue weighted by atomic mass is 10.2. The van der Waals surface area contributed by atoms with Gasteiger partial charge in [0.25, 0.3) is 0 Å². The first-order chi connectivity index (χ1) is 8.57. The Hall–Kier alpha value is -1.45. The highest BCUT2D eigenvalue weighted by Crippen LogP contribution is 2.00. The molecule has 104 valence electrons. The first kappa shape index (κ1) is 16.6. The lowest BCUT2D eigenvalue weighted by Gasteiger charge is -2.11. The molecule has 0 aromatic rings. The normalized spacial score (nSPS) is 9.67. The van der Waals surface area contributed by atoms with E-state index in [1.54, 1.807) is 6.92 Å². The van der Waals surface area contributed by atoms with Gasteiger partial charge < -0.3 is 14.8 Å². The highest BCUT2D eigenvalue weighted by molar-refractivity contribution is 5.86. The maximum atomic E-state index is 11.1. The molecule has 0 bridgehead atoms. The van der Waals surface area contributed by atoms with Crippen LogP contribution in [0.2, 0.25) is 0 Å². The lowest BCUT2D eigenvalue weighted by molar-refractivity contribution is -0.138. The maximum Gasteiger partial charge on any atom is 0.333 e. The molecule has 0 saturated heterocycles. The molecular formula is C14H25NO3. The molecule has 0 amide bonds. The number of unbranched alkanes of at least 4 members (excludes halogenated alkanes) is 3. The van der Waals surface area contributed by atoms with Gasteiger partial charge in [0.15, 0.2) is 5.88 Å². The van der Waals surface area contributed by atoms with Crippen molar-refractivity contribution in [3.8, 4) is 0 Å². The molecule has 0 heterocycles. The maximum absolute atomic E-state index is 11.1. The summed E-state index contributed by atoms with van der Waals surface area (Å²) in [7, 11) is 0. The highest BCUT2D eigenvalue weighted by Gasteiger charge is 2.02. The molecule has 0 atom stereocenters. The first-order valence-electron chi connectivity index (χ1n) is 6.46. The Morgan fingerprint density at radius 3 is 2.44 bits per heavy atom. The van der Waals surface area contributed by atoms with E-state index in [2.05, 4.69) is 25.4 Å². The van der Waals surface area contributed by atoms with Crippen LogP contribution in [-0.4, -0.2) is 25.7 Å². The van der Waals surface area contributed by atoms with Gasteiger partial charge in [-0.1, -0.05) is 32.8 Å². The Morgan fingerprint density at radius 1 is 1.11 bits per heavy atom. The van der Waals surface area contributed by atoms with Crippen LogP contribution in [0.3, 0.4) is 0 Å². The van der Waals surface area contributed by atoms with Gasteiger partial charge >= 0.3 is 5.97 Å². The largest absolute Gasteiger partial charge is 0.480 e. The van der Waals surface area contributed by atoms with Crippen molar-refractivity contribution in [3.05, 3.63) is 24.6 Å². The average molecular weight is 255 g/mol. The molecule has 0 aromatic heterocycles. The molecule has 0 aliphatic carbocycles. The zero-order valence-electron chi connectivity index (χ0n) is 11.6. The number of nitrogens with one attached hydrogen (secondary N) is 1. The Labute approximate surface area is 110 Å². The molecule has 0 unspecified atom stereocenters. The van der Waals surface area contributed by atoms with Gasteiger partial charge in [-0.05, 0) is 19.9 Å². The summed E-state index contributed by atoms with van der Waals surface area (Å²) in [6.45, 7) is 12.5. The van der Waals surface area contributed by atoms with Crippen LogP contribution < -0.4 is 5.32 Å². The van der Waals surface area contributed by atoms with Crippen LogP contribution >= 0.6 is 0 Å². The van der Waals surface area contributed by atoms with Gasteiger partial charge in [0.2, 0.25) is 0 Å². The number of rotatable bonds is 11. The summed E-state index contributed by atoms with van der Waals surface area (Å²) in [4.78, 5) is 11.1. The van der Waals surface area contributed by atoms with Crippen molar-refractivity contribution in [3.63, 3.8) is 0 Å². The third-order valence-corrected chi connectivity index (χ3v) is 2.28. The van der Waals surface area contributed by atoms with E-state index in [9.17, 15) is 4.79 Å². The summed E-state index contributed by atoms with van der Waals surface area (Å²) in [6, 6.07) is 0. The molecule has 1 N–H and O–H groups in total. The van der Waals surface area contributed by atoms with Crippen LogP contribution in [0.5, 0.6) is 0 Å². The third-order valence-electron chi connectivity index (χ3n) is 2.28. The van der Waals surface area contributed by atoms with Gasteiger partial charge in [0, 0.05) is 5.57 Å². The van der Waals surface area contributed by atoms with E-state index in [-0.39, 0.29) is 12.6 Å². The predicted molar refractivity (Wildman–Crippen MR) is 73.0 cm³/mol. The lowest BCUT2D eigenvalue weighted by Crippen LogP contribution is -2.22. The summed E-state index contributed by atoms with van der Waals surface area (Å²) in [5.41, 5.74) is 0.404. The second-order valence-corrected chi connectivity index (χ2v) is 4.18. The molecule has 0 radical (unpaired) electrons. The molecule has 0 aromatic carbocycles. The van der Waals surface area contributed by atoms with Gasteiger partial charge in [0.1, 0.15) is 6.61 Å². The first-order valence-corrected chi connectivity index (χ1v) is 6.46. The number of carbonyl (C=O) groups excluding carboxylic acids is 1. The topological polar surface area (TPSA) is 47.6 Å². The number of hydrogen-bond acceptors (Lipinski definition) is 4. The molecule has 0 rings (SSSR count). The van der Waals surface area contributed by atoms with Crippen LogP contribution in [0, 0.1) is 0 Å². The molecule has 0 saturated carbocycles. The van der Waals surface area contributed by atoms with Crippen molar-refractivity contribution in [1.82, 2.24) is 5.32 Å². The monoisotopic (exact) mass is 255 g/mol. The molecule has 4 heteroatoms. The zero-order valence-corrected chi connectivity index (χ0v) is 11.6. The minimum Gasteiger partial charge on any atom is -0.480 e. The third kappa shape index (κ3) is 9.75. The molecule has 4 nitrogen and oxygen atoms in total. The van der Waals surface area contributed by atoms with Gasteiger partial charge in [-0.25, -0.2) is 4.79 Å². The zero-order chi connectivity index (χ0) is 13.8. The van der Waals surface area contributed by atoms with Gasteiger partial charge in [-0.3, -0.25) is 0 Å². The smallest absolute Gasteiger partial charge is 0.333 e. The molecule has 0 aliphatic heterocycles. The fourth-order valence-electron chi connectivity index (χ4n) is 1.23. The quantitative estimate of drug-likeness (QED) is 0.267. The van der Waals surface area contributed by atoms with Crippen molar-refractivity contribution in [2.45, 2.75) is 39.5 Å². The Bertz CT molecular complexity index is 274. The summed E-state index contributed by atoms with van der Waals surface area (Å²) in [6.07, 6.45) is 4.67. The minimum absolute atomic E-state index is 0.282. The van der Waals surface area contributed by atoms with Crippen molar-refractivity contribution >= 4 is 5.97 Å². The van der Waals surface area contributed by atoms with Crippen LogP contribution in [0.15, 0.2) is 24.6 Å². The van der Waals surface area contributed by atoms with E-state index in [1.165, 1.54) is 19.3 Å². The Kier molecular flexibility index (Phi) is 9.83. The second-order valence-electron chi connectivity index (χ2n) is 4.18. The van der Waals surface area contributed by atoms with E-state index in [1.807, 2.05) is 0 Å². The van der Waals surface area contributed by atoms with Crippen LogP contribution in [-0.2, 0) is 14.3 Å². The molecule has 18 heavy (non-hydrogen) atoms. The van der Waals surface area contributed by atoms with E-state index in [0.29, 0.717) is 24.6 Å². The fraction of sp³-hybridized carbons (Fsp3) is 0.643. The summed E-state index contributed by atoms with van der Waals surface area (Å²) in [5.74, 6) is 0.153. The number of hydrogen-bond donors (Lipinski definition) is 1. The minimum atomic E-state index is -0.372. The Morgan fingerprint density at radius 2 is 1.83 bits per heavy atom. The van der Waals surface area contributed by atoms with E-state index in [0.717, 1.165) is 6.42 Å². The van der Waals surface area contributed by atoms with Crippen LogP contribution in [0.25, 0.3) is 0 Å². The molecule has 0 spiro atoms. The van der Waals surface area contributed by atoms with Crippen LogP contribution in [0.4, 0.5) is 0 Å².